The van der Waals surface area contributed by atoms with Crippen molar-refractivity contribution < 1.29 is 19.1 Å². The summed E-state index contributed by atoms with van der Waals surface area (Å²) in [6.45, 7) is 3.19. The molecule has 0 saturated heterocycles. The van der Waals surface area contributed by atoms with Gasteiger partial charge in [-0.05, 0) is 24.7 Å². The van der Waals surface area contributed by atoms with E-state index in [0.717, 1.165) is 5.56 Å². The minimum Gasteiger partial charge on any atom is -0.456 e. The van der Waals surface area contributed by atoms with Gasteiger partial charge in [-0.3, -0.25) is 9.59 Å². The molecule has 1 aromatic rings. The normalized spacial score (nSPS) is 11.7. The first kappa shape index (κ1) is 14.2. The van der Waals surface area contributed by atoms with Crippen molar-refractivity contribution >= 4 is 11.9 Å². The number of carbonyl (C=O) groups excluding carboxylic acids is 2. The van der Waals surface area contributed by atoms with Crippen LogP contribution >= 0.6 is 0 Å². The molecule has 5 heteroatoms. The number of hydrogen-bond acceptors (Lipinski definition) is 5. The van der Waals surface area contributed by atoms with Gasteiger partial charge in [0, 0.05) is 20.4 Å². The van der Waals surface area contributed by atoms with E-state index in [9.17, 15) is 9.59 Å². The van der Waals surface area contributed by atoms with E-state index in [2.05, 4.69) is 5.32 Å². The molecular weight excluding hydrogens is 234 g/mol. The Bertz CT molecular complexity index is 431. The van der Waals surface area contributed by atoms with Crippen molar-refractivity contribution in [3.8, 4) is 5.75 Å². The minimum atomic E-state index is -0.400. The fraction of sp³-hybridized carbons (Fsp3) is 0.385. The molecule has 0 unspecified atom stereocenters. The number of esters is 2. The lowest BCUT2D eigenvalue weighted by Gasteiger charge is -2.17. The first-order chi connectivity index (χ1) is 8.52. The van der Waals surface area contributed by atoms with Gasteiger partial charge in [0.25, 0.3) is 0 Å². The molecule has 98 valence electrons. The fourth-order valence-electron chi connectivity index (χ4n) is 1.56. The van der Waals surface area contributed by atoms with E-state index >= 15 is 0 Å². The van der Waals surface area contributed by atoms with Crippen LogP contribution in [0.15, 0.2) is 24.3 Å². The molecule has 0 heterocycles. The van der Waals surface area contributed by atoms with Gasteiger partial charge in [-0.1, -0.05) is 12.1 Å². The van der Waals surface area contributed by atoms with Crippen LogP contribution in [0.3, 0.4) is 0 Å². The predicted octanol–water partition coefficient (Wildman–Crippen LogP) is 1.44. The number of ether oxygens (including phenoxy) is 2. The van der Waals surface area contributed by atoms with E-state index in [0.29, 0.717) is 12.3 Å². The van der Waals surface area contributed by atoms with Gasteiger partial charge in [0.1, 0.15) is 11.9 Å². The third kappa shape index (κ3) is 4.55. The van der Waals surface area contributed by atoms with Crippen LogP contribution in [-0.2, 0) is 14.3 Å². The Kier molecular flexibility index (Phi) is 5.32. The van der Waals surface area contributed by atoms with Gasteiger partial charge in [0.05, 0.1) is 0 Å². The van der Waals surface area contributed by atoms with E-state index < -0.39 is 6.10 Å². The van der Waals surface area contributed by atoms with Crippen molar-refractivity contribution in [2.24, 2.45) is 0 Å². The van der Waals surface area contributed by atoms with Crippen molar-refractivity contribution in [2.75, 3.05) is 13.6 Å². The molecule has 0 amide bonds. The SMILES string of the molecule is CNC[C@H](OC(C)=O)c1cccc(OC(C)=O)c1. The second kappa shape index (κ2) is 6.76. The summed E-state index contributed by atoms with van der Waals surface area (Å²) in [4.78, 5) is 21.9. The van der Waals surface area contributed by atoms with E-state index in [-0.39, 0.29) is 11.9 Å². The summed E-state index contributed by atoms with van der Waals surface area (Å²) in [6, 6.07) is 6.93. The Balaban J connectivity index is 2.89. The van der Waals surface area contributed by atoms with Gasteiger partial charge in [-0.25, -0.2) is 0 Å². The third-order valence-corrected chi connectivity index (χ3v) is 2.19. The van der Waals surface area contributed by atoms with Gasteiger partial charge >= 0.3 is 11.9 Å². The molecule has 18 heavy (non-hydrogen) atoms. The van der Waals surface area contributed by atoms with Crippen molar-refractivity contribution in [1.82, 2.24) is 5.32 Å². The summed E-state index contributed by atoms with van der Waals surface area (Å²) in [5.41, 5.74) is 0.776. The maximum absolute atomic E-state index is 11.0. The molecule has 0 aliphatic heterocycles. The van der Waals surface area contributed by atoms with Crippen LogP contribution in [0.1, 0.15) is 25.5 Å². The van der Waals surface area contributed by atoms with Crippen LogP contribution in [0, 0.1) is 0 Å². The summed E-state index contributed by atoms with van der Waals surface area (Å²) < 4.78 is 10.2. The zero-order valence-corrected chi connectivity index (χ0v) is 10.7. The molecule has 0 fully saturated rings. The molecule has 1 atom stereocenters. The highest BCUT2D eigenvalue weighted by atomic mass is 16.5. The van der Waals surface area contributed by atoms with Crippen molar-refractivity contribution in [3.05, 3.63) is 29.8 Å². The second-order valence-electron chi connectivity index (χ2n) is 3.82. The number of likely N-dealkylation sites (N-methyl/N-ethyl adjacent to an activating group) is 1. The van der Waals surface area contributed by atoms with Crippen LogP contribution in [0.5, 0.6) is 5.75 Å². The first-order valence-corrected chi connectivity index (χ1v) is 5.63. The molecule has 0 aliphatic carbocycles. The van der Waals surface area contributed by atoms with Gasteiger partial charge in [0.2, 0.25) is 0 Å². The number of carbonyl (C=O) groups is 2. The third-order valence-electron chi connectivity index (χ3n) is 2.19. The average molecular weight is 251 g/mol. The quantitative estimate of drug-likeness (QED) is 0.633. The first-order valence-electron chi connectivity index (χ1n) is 5.63. The van der Waals surface area contributed by atoms with Gasteiger partial charge < -0.3 is 14.8 Å². The molecule has 0 spiro atoms. The van der Waals surface area contributed by atoms with E-state index in [1.807, 2.05) is 6.07 Å². The number of benzene rings is 1. The maximum Gasteiger partial charge on any atom is 0.308 e. The molecule has 5 nitrogen and oxygen atoms in total. The molecule has 0 radical (unpaired) electrons. The monoisotopic (exact) mass is 251 g/mol. The molecule has 0 bridgehead atoms. The lowest BCUT2D eigenvalue weighted by atomic mass is 10.1. The zero-order valence-electron chi connectivity index (χ0n) is 10.7. The zero-order chi connectivity index (χ0) is 13.5. The fourth-order valence-corrected chi connectivity index (χ4v) is 1.56. The van der Waals surface area contributed by atoms with Gasteiger partial charge in [0.15, 0.2) is 0 Å². The lowest BCUT2D eigenvalue weighted by Crippen LogP contribution is -2.21. The molecule has 0 aromatic heterocycles. The van der Waals surface area contributed by atoms with Crippen molar-refractivity contribution in [1.29, 1.82) is 0 Å². The summed E-state index contributed by atoms with van der Waals surface area (Å²) in [7, 11) is 1.77. The van der Waals surface area contributed by atoms with Crippen LogP contribution in [-0.4, -0.2) is 25.5 Å². The Labute approximate surface area is 106 Å². The summed E-state index contributed by atoms with van der Waals surface area (Å²) in [6.07, 6.45) is -0.400. The number of hydrogen-bond donors (Lipinski definition) is 1. The smallest absolute Gasteiger partial charge is 0.308 e. The molecular formula is C13H17NO4. The summed E-state index contributed by atoms with van der Waals surface area (Å²) in [5.74, 6) is -0.300. The molecule has 1 rings (SSSR count). The molecule has 1 N–H and O–H groups in total. The Morgan fingerprint density at radius 3 is 2.56 bits per heavy atom. The highest BCUT2D eigenvalue weighted by molar-refractivity contribution is 5.69. The van der Waals surface area contributed by atoms with E-state index in [1.165, 1.54) is 13.8 Å². The largest absolute Gasteiger partial charge is 0.456 e. The topological polar surface area (TPSA) is 64.6 Å². The minimum absolute atomic E-state index is 0.354. The molecule has 0 saturated carbocycles. The second-order valence-corrected chi connectivity index (χ2v) is 3.82. The summed E-state index contributed by atoms with van der Waals surface area (Å²) >= 11 is 0. The Morgan fingerprint density at radius 2 is 2.00 bits per heavy atom. The Morgan fingerprint density at radius 1 is 1.28 bits per heavy atom. The highest BCUT2D eigenvalue weighted by Crippen LogP contribution is 2.22. The van der Waals surface area contributed by atoms with Gasteiger partial charge in [-0.2, -0.15) is 0 Å². The highest BCUT2D eigenvalue weighted by Gasteiger charge is 2.14. The average Bonchev–Trinajstić information content (AvgIpc) is 2.27. The van der Waals surface area contributed by atoms with E-state index in [4.69, 9.17) is 9.47 Å². The predicted molar refractivity (Wildman–Crippen MR) is 66.2 cm³/mol. The van der Waals surface area contributed by atoms with Crippen LogP contribution < -0.4 is 10.1 Å². The van der Waals surface area contributed by atoms with E-state index in [1.54, 1.807) is 25.2 Å². The summed E-state index contributed by atoms with van der Waals surface area (Å²) in [5, 5.41) is 2.95. The van der Waals surface area contributed by atoms with Crippen LogP contribution in [0.25, 0.3) is 0 Å². The van der Waals surface area contributed by atoms with Crippen molar-refractivity contribution in [3.63, 3.8) is 0 Å². The van der Waals surface area contributed by atoms with Crippen molar-refractivity contribution in [2.45, 2.75) is 20.0 Å². The van der Waals surface area contributed by atoms with Gasteiger partial charge in [-0.15, -0.1) is 0 Å². The standard InChI is InChI=1S/C13H17NO4/c1-9(15)17-12-6-4-5-11(7-12)13(8-14-3)18-10(2)16/h4-7,13-14H,8H2,1-3H3/t13-/m0/s1. The Hall–Kier alpha value is -1.88. The molecule has 0 aliphatic rings. The number of nitrogens with one attached hydrogen (secondary N) is 1. The maximum atomic E-state index is 11.0. The number of rotatable bonds is 5. The van der Waals surface area contributed by atoms with Crippen LogP contribution in [0.2, 0.25) is 0 Å². The molecule has 1 aromatic carbocycles. The van der Waals surface area contributed by atoms with Crippen LogP contribution in [0.4, 0.5) is 0 Å². The lowest BCUT2D eigenvalue weighted by molar-refractivity contribution is -0.146.